The summed E-state index contributed by atoms with van der Waals surface area (Å²) in [5.41, 5.74) is 0. The van der Waals surface area contributed by atoms with E-state index in [1.54, 1.807) is 13.3 Å². The molecular weight excluding hydrogens is 200 g/mol. The Kier molecular flexibility index (Phi) is 3.65. The summed E-state index contributed by atoms with van der Waals surface area (Å²) < 4.78 is 5.19. The van der Waals surface area contributed by atoms with Crippen molar-refractivity contribution in [2.24, 2.45) is 5.92 Å². The number of nitrogens with one attached hydrogen (secondary N) is 1. The van der Waals surface area contributed by atoms with E-state index in [1.807, 2.05) is 12.1 Å². The molecule has 1 N–H and O–H groups in total. The molecule has 0 aliphatic heterocycles. The highest BCUT2D eigenvalue weighted by Gasteiger charge is 2.18. The molecular formula is C13H20N2O. The van der Waals surface area contributed by atoms with E-state index in [9.17, 15) is 0 Å². The highest BCUT2D eigenvalue weighted by Crippen LogP contribution is 2.26. The fourth-order valence-electron chi connectivity index (χ4n) is 2.39. The molecule has 1 aromatic rings. The quantitative estimate of drug-likeness (QED) is 0.850. The molecule has 88 valence electrons. The molecule has 0 saturated heterocycles. The maximum Gasteiger partial charge on any atom is 0.129 e. The molecule has 1 heterocycles. The van der Waals surface area contributed by atoms with E-state index in [2.05, 4.69) is 17.2 Å². The molecule has 0 radical (unpaired) electrons. The predicted molar refractivity (Wildman–Crippen MR) is 65.8 cm³/mol. The Labute approximate surface area is 97.2 Å². The first-order valence-corrected chi connectivity index (χ1v) is 6.04. The predicted octanol–water partition coefficient (Wildman–Crippen LogP) is 3.08. The highest BCUT2D eigenvalue weighted by molar-refractivity contribution is 5.41. The van der Waals surface area contributed by atoms with Crippen molar-refractivity contribution in [3.63, 3.8) is 0 Å². The maximum atomic E-state index is 5.19. The third-order valence-corrected chi connectivity index (χ3v) is 3.26. The summed E-state index contributed by atoms with van der Waals surface area (Å²) in [7, 11) is 1.68. The molecule has 1 saturated carbocycles. The first-order chi connectivity index (χ1) is 7.78. The smallest absolute Gasteiger partial charge is 0.129 e. The summed E-state index contributed by atoms with van der Waals surface area (Å²) in [4.78, 5) is 4.32. The fraction of sp³-hybridized carbons (Fsp3) is 0.615. The van der Waals surface area contributed by atoms with Gasteiger partial charge in [-0.25, -0.2) is 4.98 Å². The Morgan fingerprint density at radius 2 is 2.31 bits per heavy atom. The van der Waals surface area contributed by atoms with Crippen molar-refractivity contribution < 1.29 is 4.74 Å². The van der Waals surface area contributed by atoms with Crippen LogP contribution in [0.15, 0.2) is 18.3 Å². The van der Waals surface area contributed by atoms with Gasteiger partial charge in [-0.05, 0) is 24.8 Å². The zero-order valence-electron chi connectivity index (χ0n) is 10.1. The van der Waals surface area contributed by atoms with E-state index in [1.165, 1.54) is 25.7 Å². The average Bonchev–Trinajstić information content (AvgIpc) is 2.29. The largest absolute Gasteiger partial charge is 0.497 e. The van der Waals surface area contributed by atoms with Crippen molar-refractivity contribution in [2.75, 3.05) is 12.4 Å². The van der Waals surface area contributed by atoms with Crippen molar-refractivity contribution in [3.8, 4) is 5.75 Å². The fourth-order valence-corrected chi connectivity index (χ4v) is 2.39. The minimum absolute atomic E-state index is 0.573. The van der Waals surface area contributed by atoms with Gasteiger partial charge in [0.25, 0.3) is 0 Å². The number of nitrogens with zero attached hydrogens (tertiary/aromatic N) is 1. The Morgan fingerprint density at radius 3 is 3.06 bits per heavy atom. The van der Waals surface area contributed by atoms with Gasteiger partial charge in [-0.15, -0.1) is 0 Å². The number of ether oxygens (including phenoxy) is 1. The Bertz CT molecular complexity index is 340. The van der Waals surface area contributed by atoms with Crippen molar-refractivity contribution in [1.29, 1.82) is 0 Å². The zero-order chi connectivity index (χ0) is 11.4. The third-order valence-electron chi connectivity index (χ3n) is 3.26. The van der Waals surface area contributed by atoms with Crippen LogP contribution in [0.25, 0.3) is 0 Å². The lowest BCUT2D eigenvalue weighted by Crippen LogP contribution is -2.26. The highest BCUT2D eigenvalue weighted by atomic mass is 16.5. The molecule has 0 bridgehead atoms. The van der Waals surface area contributed by atoms with Crippen LogP contribution in [0, 0.1) is 5.92 Å². The molecule has 2 rings (SSSR count). The van der Waals surface area contributed by atoms with E-state index in [0.717, 1.165) is 17.5 Å². The molecule has 0 amide bonds. The Morgan fingerprint density at radius 1 is 1.44 bits per heavy atom. The van der Waals surface area contributed by atoms with Gasteiger partial charge in [0, 0.05) is 18.3 Å². The van der Waals surface area contributed by atoms with Crippen molar-refractivity contribution in [2.45, 2.75) is 38.6 Å². The molecule has 3 nitrogen and oxygen atoms in total. The second-order valence-electron chi connectivity index (χ2n) is 4.69. The molecule has 2 atom stereocenters. The van der Waals surface area contributed by atoms with Gasteiger partial charge in [0.1, 0.15) is 11.6 Å². The molecule has 1 aliphatic carbocycles. The lowest BCUT2D eigenvalue weighted by atomic mass is 9.87. The van der Waals surface area contributed by atoms with E-state index in [-0.39, 0.29) is 0 Å². The monoisotopic (exact) mass is 220 g/mol. The number of hydrogen-bond donors (Lipinski definition) is 1. The number of rotatable bonds is 3. The van der Waals surface area contributed by atoms with Gasteiger partial charge in [0.2, 0.25) is 0 Å². The van der Waals surface area contributed by atoms with E-state index >= 15 is 0 Å². The molecule has 3 heteroatoms. The van der Waals surface area contributed by atoms with E-state index in [0.29, 0.717) is 6.04 Å². The van der Waals surface area contributed by atoms with Gasteiger partial charge >= 0.3 is 0 Å². The van der Waals surface area contributed by atoms with Gasteiger partial charge in [-0.1, -0.05) is 19.8 Å². The van der Waals surface area contributed by atoms with Crippen molar-refractivity contribution in [1.82, 2.24) is 4.98 Å². The molecule has 1 fully saturated rings. The van der Waals surface area contributed by atoms with Gasteiger partial charge in [-0.3, -0.25) is 0 Å². The van der Waals surface area contributed by atoms with Crippen LogP contribution in [-0.2, 0) is 0 Å². The summed E-state index contributed by atoms with van der Waals surface area (Å²) in [5, 5.41) is 3.49. The van der Waals surface area contributed by atoms with Crippen LogP contribution in [0.4, 0.5) is 5.82 Å². The minimum atomic E-state index is 0.573. The van der Waals surface area contributed by atoms with Crippen molar-refractivity contribution in [3.05, 3.63) is 18.3 Å². The van der Waals surface area contributed by atoms with Gasteiger partial charge < -0.3 is 10.1 Å². The summed E-state index contributed by atoms with van der Waals surface area (Å²) >= 11 is 0. The molecule has 0 spiro atoms. The summed E-state index contributed by atoms with van der Waals surface area (Å²) in [6, 6.07) is 4.40. The lowest BCUT2D eigenvalue weighted by Gasteiger charge is -2.27. The molecule has 2 unspecified atom stereocenters. The molecule has 0 aromatic carbocycles. The first kappa shape index (κ1) is 11.2. The van der Waals surface area contributed by atoms with Crippen LogP contribution in [0.1, 0.15) is 32.6 Å². The number of aromatic nitrogens is 1. The summed E-state index contributed by atoms with van der Waals surface area (Å²) in [5.74, 6) is 2.62. The van der Waals surface area contributed by atoms with Gasteiger partial charge in [0.05, 0.1) is 7.11 Å². The minimum Gasteiger partial charge on any atom is -0.497 e. The van der Waals surface area contributed by atoms with Crippen LogP contribution in [0.5, 0.6) is 5.75 Å². The van der Waals surface area contributed by atoms with Crippen LogP contribution in [-0.4, -0.2) is 18.1 Å². The van der Waals surface area contributed by atoms with E-state index < -0.39 is 0 Å². The second kappa shape index (κ2) is 5.19. The van der Waals surface area contributed by atoms with Gasteiger partial charge in [0.15, 0.2) is 0 Å². The number of hydrogen-bond acceptors (Lipinski definition) is 3. The van der Waals surface area contributed by atoms with Crippen LogP contribution < -0.4 is 10.1 Å². The SMILES string of the molecule is COc1ccnc(NC2CCCC(C)C2)c1. The Balaban J connectivity index is 1.97. The number of pyridine rings is 1. The molecule has 1 aromatic heterocycles. The standard InChI is InChI=1S/C13H20N2O/c1-10-4-3-5-11(8-10)15-13-9-12(16-2)6-7-14-13/h6-7,9-11H,3-5,8H2,1-2H3,(H,14,15). The average molecular weight is 220 g/mol. The second-order valence-corrected chi connectivity index (χ2v) is 4.69. The topological polar surface area (TPSA) is 34.1 Å². The van der Waals surface area contributed by atoms with Gasteiger partial charge in [-0.2, -0.15) is 0 Å². The number of methoxy groups -OCH3 is 1. The normalized spacial score (nSPS) is 25.1. The van der Waals surface area contributed by atoms with Crippen LogP contribution >= 0.6 is 0 Å². The van der Waals surface area contributed by atoms with Crippen LogP contribution in [0.3, 0.4) is 0 Å². The van der Waals surface area contributed by atoms with Crippen molar-refractivity contribution >= 4 is 5.82 Å². The molecule has 16 heavy (non-hydrogen) atoms. The van der Waals surface area contributed by atoms with E-state index in [4.69, 9.17) is 4.74 Å². The zero-order valence-corrected chi connectivity index (χ0v) is 10.1. The first-order valence-electron chi connectivity index (χ1n) is 6.04. The summed E-state index contributed by atoms with van der Waals surface area (Å²) in [6.45, 7) is 2.33. The maximum absolute atomic E-state index is 5.19. The molecule has 1 aliphatic rings. The van der Waals surface area contributed by atoms with Crippen LogP contribution in [0.2, 0.25) is 0 Å². The summed E-state index contributed by atoms with van der Waals surface area (Å²) in [6.07, 6.45) is 6.97. The number of anilines is 1. The lowest BCUT2D eigenvalue weighted by molar-refractivity contribution is 0.358. The third kappa shape index (κ3) is 2.87. The Hall–Kier alpha value is -1.25.